The van der Waals surface area contributed by atoms with Crippen molar-refractivity contribution >= 4 is 26.2 Å². The molecular weight excluding hydrogens is 204 g/mol. The van der Waals surface area contributed by atoms with Gasteiger partial charge in [0.15, 0.2) is 0 Å². The average molecular weight is 213 g/mol. The van der Waals surface area contributed by atoms with Crippen molar-refractivity contribution in [3.63, 3.8) is 0 Å². The van der Waals surface area contributed by atoms with Gasteiger partial charge in [0, 0.05) is 0 Å². The lowest BCUT2D eigenvalue weighted by Gasteiger charge is -1.97. The van der Waals surface area contributed by atoms with Crippen LogP contribution in [0.3, 0.4) is 0 Å². The molecule has 58 valence electrons. The predicted molar refractivity (Wildman–Crippen MR) is 52.1 cm³/mol. The number of nitrogens with one attached hydrogen (secondary N) is 1. The van der Waals surface area contributed by atoms with Crippen molar-refractivity contribution in [1.29, 1.82) is 0 Å². The molecule has 0 atom stereocenters. The van der Waals surface area contributed by atoms with E-state index < -0.39 is 0 Å². The van der Waals surface area contributed by atoms with Crippen LogP contribution in [0.4, 0.5) is 5.69 Å². The van der Waals surface area contributed by atoms with Gasteiger partial charge >= 0.3 is 0 Å². The van der Waals surface area contributed by atoms with Gasteiger partial charge < -0.3 is 0 Å². The minimum Gasteiger partial charge on any atom is -0.278 e. The van der Waals surface area contributed by atoms with E-state index >= 15 is 0 Å². The fourth-order valence-corrected chi connectivity index (χ4v) is 0.743. The second kappa shape index (κ2) is 4.13. The van der Waals surface area contributed by atoms with Crippen molar-refractivity contribution in [2.24, 2.45) is 5.10 Å². The van der Waals surface area contributed by atoms with Crippen molar-refractivity contribution < 1.29 is 0 Å². The number of nitrogens with zero attached hydrogens (tertiary/aromatic N) is 1. The van der Waals surface area contributed by atoms with Crippen LogP contribution in [-0.4, -0.2) is 4.62 Å². The molecule has 0 radical (unpaired) electrons. The molecule has 11 heavy (non-hydrogen) atoms. The maximum absolute atomic E-state index is 3.98. The molecule has 0 aromatic heterocycles. The molecule has 0 amide bonds. The first kappa shape index (κ1) is 8.27. The van der Waals surface area contributed by atoms with Gasteiger partial charge in [-0.15, -0.1) is 0 Å². The summed E-state index contributed by atoms with van der Waals surface area (Å²) in [6, 6.07) is 9.80. The third kappa shape index (κ3) is 3.18. The van der Waals surface area contributed by atoms with Gasteiger partial charge in [-0.2, -0.15) is 5.10 Å². The zero-order valence-corrected chi connectivity index (χ0v) is 7.80. The molecule has 1 aromatic carbocycles. The number of rotatable bonds is 2. The Hall–Kier alpha value is -0.830. The molecule has 3 heteroatoms. The van der Waals surface area contributed by atoms with Crippen LogP contribution in [0.5, 0.6) is 0 Å². The number of para-hydroxylation sites is 1. The quantitative estimate of drug-likeness (QED) is 0.592. The fourth-order valence-electron chi connectivity index (χ4n) is 0.654. The highest BCUT2D eigenvalue weighted by atomic mass is 79.9. The Morgan fingerprint density at radius 1 is 1.36 bits per heavy atom. The molecule has 0 spiro atoms. The van der Waals surface area contributed by atoms with Gasteiger partial charge in [0.05, 0.1) is 5.69 Å². The predicted octanol–water partition coefficient (Wildman–Crippen LogP) is 2.83. The molecule has 0 aliphatic carbocycles. The first-order chi connectivity index (χ1) is 5.29. The Morgan fingerprint density at radius 3 is 2.55 bits per heavy atom. The van der Waals surface area contributed by atoms with Crippen LogP contribution in [0, 0.1) is 0 Å². The van der Waals surface area contributed by atoms with Gasteiger partial charge in [0.2, 0.25) is 0 Å². The maximum atomic E-state index is 3.98. The second-order valence-corrected chi connectivity index (χ2v) is 3.23. The molecular formula is C8H9BrN2. The lowest BCUT2D eigenvalue weighted by Crippen LogP contribution is -1.89. The van der Waals surface area contributed by atoms with Gasteiger partial charge in [0.1, 0.15) is 4.62 Å². The highest BCUT2D eigenvalue weighted by Crippen LogP contribution is 2.04. The molecule has 0 fully saturated rings. The number of benzene rings is 1. The summed E-state index contributed by atoms with van der Waals surface area (Å²) in [6.45, 7) is 1.87. The van der Waals surface area contributed by atoms with Gasteiger partial charge in [-0.1, -0.05) is 18.2 Å². The molecule has 1 aromatic rings. The van der Waals surface area contributed by atoms with Crippen molar-refractivity contribution in [2.75, 3.05) is 5.43 Å². The second-order valence-electron chi connectivity index (χ2n) is 2.09. The topological polar surface area (TPSA) is 24.4 Å². The summed E-state index contributed by atoms with van der Waals surface area (Å²) >= 11 is 3.22. The maximum Gasteiger partial charge on any atom is 0.100 e. The number of hydrogen-bond donors (Lipinski definition) is 1. The molecule has 0 aliphatic heterocycles. The Balaban J connectivity index is 2.59. The molecule has 0 saturated carbocycles. The fraction of sp³-hybridized carbons (Fsp3) is 0.125. The normalized spacial score (nSPS) is 11.3. The smallest absolute Gasteiger partial charge is 0.100 e. The number of hydrazone groups is 1. The molecule has 1 rings (SSSR count). The highest BCUT2D eigenvalue weighted by Gasteiger charge is 1.84. The van der Waals surface area contributed by atoms with E-state index in [4.69, 9.17) is 0 Å². The van der Waals surface area contributed by atoms with Crippen LogP contribution in [0.2, 0.25) is 0 Å². The SMILES string of the molecule is CC(Br)=NNc1ccccc1. The van der Waals surface area contributed by atoms with Crippen LogP contribution in [-0.2, 0) is 0 Å². The minimum absolute atomic E-state index is 0.835. The molecule has 0 bridgehead atoms. The van der Waals surface area contributed by atoms with Crippen LogP contribution >= 0.6 is 15.9 Å². The van der Waals surface area contributed by atoms with Crippen molar-refractivity contribution in [2.45, 2.75) is 6.92 Å². The van der Waals surface area contributed by atoms with E-state index in [2.05, 4.69) is 26.5 Å². The van der Waals surface area contributed by atoms with E-state index in [0.717, 1.165) is 10.3 Å². The van der Waals surface area contributed by atoms with Gasteiger partial charge in [-0.25, -0.2) is 0 Å². The zero-order valence-electron chi connectivity index (χ0n) is 6.21. The number of anilines is 1. The summed E-state index contributed by atoms with van der Waals surface area (Å²) in [5, 5.41) is 3.98. The standard InChI is InChI=1S/C8H9BrN2/c1-7(9)10-11-8-5-3-2-4-6-8/h2-6,11H,1H3. The summed E-state index contributed by atoms with van der Waals surface area (Å²) in [7, 11) is 0. The van der Waals surface area contributed by atoms with E-state index in [9.17, 15) is 0 Å². The van der Waals surface area contributed by atoms with Crippen LogP contribution in [0.25, 0.3) is 0 Å². The monoisotopic (exact) mass is 212 g/mol. The number of hydrogen-bond acceptors (Lipinski definition) is 2. The average Bonchev–Trinajstić information content (AvgIpc) is 2.03. The zero-order chi connectivity index (χ0) is 8.10. The van der Waals surface area contributed by atoms with Crippen LogP contribution in [0.1, 0.15) is 6.92 Å². The van der Waals surface area contributed by atoms with Gasteiger partial charge in [-0.3, -0.25) is 5.43 Å². The van der Waals surface area contributed by atoms with Crippen molar-refractivity contribution in [3.05, 3.63) is 30.3 Å². The van der Waals surface area contributed by atoms with E-state index in [1.807, 2.05) is 37.3 Å². The molecule has 2 nitrogen and oxygen atoms in total. The Bertz CT molecular complexity index is 240. The molecule has 1 N–H and O–H groups in total. The van der Waals surface area contributed by atoms with Crippen LogP contribution in [0.15, 0.2) is 35.4 Å². The van der Waals surface area contributed by atoms with Crippen molar-refractivity contribution in [3.8, 4) is 0 Å². The first-order valence-electron chi connectivity index (χ1n) is 3.30. The van der Waals surface area contributed by atoms with E-state index in [-0.39, 0.29) is 0 Å². The first-order valence-corrected chi connectivity index (χ1v) is 4.09. The largest absolute Gasteiger partial charge is 0.278 e. The van der Waals surface area contributed by atoms with Crippen LogP contribution < -0.4 is 5.43 Å². The summed E-state index contributed by atoms with van der Waals surface area (Å²) < 4.78 is 0.835. The summed E-state index contributed by atoms with van der Waals surface area (Å²) in [5.74, 6) is 0. The lowest BCUT2D eigenvalue weighted by atomic mass is 10.3. The Kier molecular flexibility index (Phi) is 3.11. The number of halogens is 1. The summed E-state index contributed by atoms with van der Waals surface area (Å²) in [4.78, 5) is 0. The van der Waals surface area contributed by atoms with E-state index in [0.29, 0.717) is 0 Å². The summed E-state index contributed by atoms with van der Waals surface area (Å²) in [5.41, 5.74) is 3.88. The third-order valence-corrected chi connectivity index (χ3v) is 1.29. The Labute approximate surface area is 74.4 Å². The molecule has 0 heterocycles. The molecule has 0 unspecified atom stereocenters. The van der Waals surface area contributed by atoms with Crippen molar-refractivity contribution in [1.82, 2.24) is 0 Å². The van der Waals surface area contributed by atoms with Gasteiger partial charge in [0.25, 0.3) is 0 Å². The molecule has 0 aliphatic rings. The third-order valence-electron chi connectivity index (χ3n) is 1.11. The lowest BCUT2D eigenvalue weighted by molar-refractivity contribution is 1.34. The Morgan fingerprint density at radius 2 is 2.00 bits per heavy atom. The molecule has 0 saturated heterocycles. The van der Waals surface area contributed by atoms with E-state index in [1.165, 1.54) is 0 Å². The minimum atomic E-state index is 0.835. The van der Waals surface area contributed by atoms with Gasteiger partial charge in [-0.05, 0) is 35.0 Å². The summed E-state index contributed by atoms with van der Waals surface area (Å²) in [6.07, 6.45) is 0. The highest BCUT2D eigenvalue weighted by molar-refractivity contribution is 9.18. The van der Waals surface area contributed by atoms with E-state index in [1.54, 1.807) is 0 Å².